The predicted octanol–water partition coefficient (Wildman–Crippen LogP) is 7.53. The van der Waals surface area contributed by atoms with Gasteiger partial charge in [0.1, 0.15) is 21.5 Å². The Balaban J connectivity index is 0.000000635. The first-order valence-corrected chi connectivity index (χ1v) is 12.7. The number of fused-ring (bicyclic) bond motifs is 1. The SMILES string of the molecule is CC.CC(C)=O.CF.CNc1ccn2ncc(C(=O)Nc3ccsc3Cl)c2n1.FC1(F)CCCCC1. The number of Topliss-reactive ketones (excluding diaryl/α,β-unsaturated/α-hetero) is 1. The zero-order valence-corrected chi connectivity index (χ0v) is 23.1. The van der Waals surface area contributed by atoms with E-state index in [-0.39, 0.29) is 24.5 Å². The van der Waals surface area contributed by atoms with Crippen LogP contribution in [-0.4, -0.2) is 46.4 Å². The van der Waals surface area contributed by atoms with Crippen molar-refractivity contribution < 1.29 is 22.8 Å². The van der Waals surface area contributed by atoms with E-state index < -0.39 is 5.92 Å². The minimum Gasteiger partial charge on any atom is -0.373 e. The lowest BCUT2D eigenvalue weighted by molar-refractivity contribution is -0.115. The average molecular weight is 550 g/mol. The lowest BCUT2D eigenvalue weighted by Crippen LogP contribution is -2.18. The molecule has 202 valence electrons. The quantitative estimate of drug-likeness (QED) is 0.352. The number of carbonyl (C=O) groups excluding carboxylic acids is 2. The van der Waals surface area contributed by atoms with Crippen molar-refractivity contribution in [3.63, 3.8) is 0 Å². The molecule has 0 bridgehead atoms. The number of aromatic nitrogens is 3. The summed E-state index contributed by atoms with van der Waals surface area (Å²) >= 11 is 7.33. The second-order valence-electron chi connectivity index (χ2n) is 7.28. The molecule has 1 fully saturated rings. The fraction of sp³-hybridized carbons (Fsp3) is 0.500. The molecule has 1 aliphatic carbocycles. The van der Waals surface area contributed by atoms with Gasteiger partial charge in [-0.15, -0.1) is 11.3 Å². The largest absolute Gasteiger partial charge is 0.373 e. The lowest BCUT2D eigenvalue weighted by atomic mass is 9.97. The number of nitrogens with zero attached hydrogens (tertiary/aromatic N) is 3. The number of ketones is 1. The molecule has 12 heteroatoms. The maximum atomic E-state index is 12.3. The third kappa shape index (κ3) is 11.9. The summed E-state index contributed by atoms with van der Waals surface area (Å²) in [4.78, 5) is 26.0. The van der Waals surface area contributed by atoms with Crippen molar-refractivity contribution in [3.8, 4) is 0 Å². The third-order valence-corrected chi connectivity index (χ3v) is 5.49. The summed E-state index contributed by atoms with van der Waals surface area (Å²) in [7, 11) is 2.26. The Bertz CT molecular complexity index is 1050. The molecule has 0 unspecified atom stereocenters. The molecular weight excluding hydrogens is 515 g/mol. The zero-order chi connectivity index (χ0) is 27.7. The second kappa shape index (κ2) is 17.7. The van der Waals surface area contributed by atoms with Gasteiger partial charge in [0.25, 0.3) is 5.91 Å². The number of hydrogen-bond acceptors (Lipinski definition) is 6. The number of nitrogens with one attached hydrogen (secondary N) is 2. The molecule has 0 atom stereocenters. The van der Waals surface area contributed by atoms with Crippen LogP contribution in [0.1, 0.15) is 70.2 Å². The number of thiophene rings is 1. The van der Waals surface area contributed by atoms with E-state index in [2.05, 4.69) is 20.7 Å². The van der Waals surface area contributed by atoms with Crippen LogP contribution in [0.2, 0.25) is 4.34 Å². The van der Waals surface area contributed by atoms with Gasteiger partial charge in [0.15, 0.2) is 5.65 Å². The standard InChI is InChI=1S/C12H10ClN5OS.C6H10F2.C3H6O.C2H6.CH3F/c1-14-9-2-4-18-11(17-9)7(6-15-18)12(19)16-8-3-5-20-10(8)13;7-6(8)4-2-1-3-5-6;1-3(2)4;2*1-2/h2-6H,1H3,(H,14,17)(H,16,19);1-5H2;1-2H3;1-2H3;1H3. The average Bonchev–Trinajstić information content (AvgIpc) is 3.47. The van der Waals surface area contributed by atoms with E-state index >= 15 is 0 Å². The summed E-state index contributed by atoms with van der Waals surface area (Å²) in [6.45, 7) is 7.06. The lowest BCUT2D eigenvalue weighted by Gasteiger charge is -2.20. The molecule has 0 spiro atoms. The summed E-state index contributed by atoms with van der Waals surface area (Å²) in [5.74, 6) is -1.78. The van der Waals surface area contributed by atoms with Crippen LogP contribution in [0.3, 0.4) is 0 Å². The molecule has 0 saturated heterocycles. The van der Waals surface area contributed by atoms with E-state index in [4.69, 9.17) is 11.6 Å². The summed E-state index contributed by atoms with van der Waals surface area (Å²) < 4.78 is 36.0. The topological polar surface area (TPSA) is 88.4 Å². The molecule has 4 rings (SSSR count). The molecule has 2 N–H and O–H groups in total. The van der Waals surface area contributed by atoms with Gasteiger partial charge in [0.2, 0.25) is 5.92 Å². The molecule has 3 aromatic heterocycles. The fourth-order valence-corrected chi connectivity index (χ4v) is 3.64. The molecule has 0 aromatic carbocycles. The first-order valence-electron chi connectivity index (χ1n) is 11.4. The fourth-order valence-electron chi connectivity index (χ4n) is 2.81. The normalized spacial score (nSPS) is 13.2. The number of hydrogen-bond donors (Lipinski definition) is 2. The maximum Gasteiger partial charge on any atom is 0.261 e. The molecule has 7 nitrogen and oxygen atoms in total. The highest BCUT2D eigenvalue weighted by Crippen LogP contribution is 2.32. The van der Waals surface area contributed by atoms with Gasteiger partial charge >= 0.3 is 0 Å². The van der Waals surface area contributed by atoms with Crippen LogP contribution in [-0.2, 0) is 4.79 Å². The highest BCUT2D eigenvalue weighted by molar-refractivity contribution is 7.15. The first kappa shape index (κ1) is 33.3. The van der Waals surface area contributed by atoms with Gasteiger partial charge in [0, 0.05) is 26.1 Å². The van der Waals surface area contributed by atoms with Crippen molar-refractivity contribution in [3.05, 3.63) is 39.8 Å². The van der Waals surface area contributed by atoms with Crippen molar-refractivity contribution in [2.45, 2.75) is 65.7 Å². The van der Waals surface area contributed by atoms with Gasteiger partial charge in [-0.1, -0.05) is 31.9 Å². The Kier molecular flexibility index (Phi) is 16.4. The Morgan fingerprint density at radius 2 is 1.69 bits per heavy atom. The van der Waals surface area contributed by atoms with E-state index in [9.17, 15) is 22.8 Å². The molecule has 0 aliphatic heterocycles. The van der Waals surface area contributed by atoms with Gasteiger partial charge in [-0.3, -0.25) is 9.18 Å². The first-order chi connectivity index (χ1) is 17.1. The van der Waals surface area contributed by atoms with Crippen LogP contribution in [0, 0.1) is 0 Å². The van der Waals surface area contributed by atoms with Crippen molar-refractivity contribution in [1.29, 1.82) is 0 Å². The van der Waals surface area contributed by atoms with E-state index in [1.807, 2.05) is 19.2 Å². The Morgan fingerprint density at radius 3 is 2.14 bits per heavy atom. The number of anilines is 2. The molecule has 3 heterocycles. The van der Waals surface area contributed by atoms with Gasteiger partial charge in [-0.25, -0.2) is 18.3 Å². The highest BCUT2D eigenvalue weighted by Gasteiger charge is 2.30. The van der Waals surface area contributed by atoms with E-state index in [1.165, 1.54) is 31.4 Å². The maximum absolute atomic E-state index is 12.3. The summed E-state index contributed by atoms with van der Waals surface area (Å²) in [5.41, 5.74) is 1.47. The Labute approximate surface area is 219 Å². The Morgan fingerprint density at radius 1 is 1.11 bits per heavy atom. The molecule has 0 radical (unpaired) electrons. The highest BCUT2D eigenvalue weighted by atomic mass is 35.5. The minimum atomic E-state index is -2.32. The number of alkyl halides is 3. The second-order valence-corrected chi connectivity index (χ2v) is 8.79. The van der Waals surface area contributed by atoms with Crippen LogP contribution in [0.25, 0.3) is 5.65 Å². The van der Waals surface area contributed by atoms with Crippen molar-refractivity contribution in [1.82, 2.24) is 14.6 Å². The van der Waals surface area contributed by atoms with Crippen LogP contribution in [0.15, 0.2) is 29.9 Å². The molecule has 1 saturated carbocycles. The van der Waals surface area contributed by atoms with E-state index in [1.54, 1.807) is 29.9 Å². The predicted molar refractivity (Wildman–Crippen MR) is 143 cm³/mol. The monoisotopic (exact) mass is 549 g/mol. The molecule has 1 amide bonds. The Hall–Kier alpha value is -2.66. The van der Waals surface area contributed by atoms with E-state index in [0.29, 0.717) is 47.1 Å². The van der Waals surface area contributed by atoms with Crippen LogP contribution in [0.5, 0.6) is 0 Å². The summed E-state index contributed by atoms with van der Waals surface area (Å²) in [5, 5.41) is 11.6. The van der Waals surface area contributed by atoms with Gasteiger partial charge in [0.05, 0.1) is 19.1 Å². The summed E-state index contributed by atoms with van der Waals surface area (Å²) in [6.07, 6.45) is 5.88. The molecule has 1 aliphatic rings. The number of rotatable bonds is 3. The van der Waals surface area contributed by atoms with Crippen molar-refractivity contribution in [2.75, 3.05) is 24.9 Å². The summed E-state index contributed by atoms with van der Waals surface area (Å²) in [6, 6.07) is 3.53. The molecule has 36 heavy (non-hydrogen) atoms. The number of halogens is 4. The zero-order valence-electron chi connectivity index (χ0n) is 21.5. The third-order valence-electron chi connectivity index (χ3n) is 4.32. The van der Waals surface area contributed by atoms with Crippen molar-refractivity contribution >= 4 is 51.8 Å². The smallest absolute Gasteiger partial charge is 0.261 e. The van der Waals surface area contributed by atoms with Gasteiger partial charge in [-0.2, -0.15) is 5.10 Å². The number of amides is 1. The van der Waals surface area contributed by atoms with Crippen LogP contribution >= 0.6 is 22.9 Å². The minimum absolute atomic E-state index is 0.118. The molecular formula is C24H35ClF3N5O2S. The van der Waals surface area contributed by atoms with Crippen molar-refractivity contribution in [2.24, 2.45) is 0 Å². The van der Waals surface area contributed by atoms with Crippen LogP contribution in [0.4, 0.5) is 24.7 Å². The molecule has 3 aromatic rings. The van der Waals surface area contributed by atoms with Gasteiger partial charge in [-0.05, 0) is 44.2 Å². The van der Waals surface area contributed by atoms with E-state index in [0.717, 1.165) is 6.42 Å². The van der Waals surface area contributed by atoms with Gasteiger partial charge < -0.3 is 15.4 Å². The number of carbonyl (C=O) groups is 2. The van der Waals surface area contributed by atoms with Crippen LogP contribution < -0.4 is 10.6 Å².